The summed E-state index contributed by atoms with van der Waals surface area (Å²) in [5.74, 6) is -1.29. The topological polar surface area (TPSA) is 75.4 Å². The van der Waals surface area contributed by atoms with Crippen LogP contribution in [0, 0.1) is 0 Å². The van der Waals surface area contributed by atoms with Crippen molar-refractivity contribution >= 4 is 11.9 Å². The number of nitrogens with zero attached hydrogens (tertiary/aromatic N) is 3. The van der Waals surface area contributed by atoms with Crippen LogP contribution in [0.5, 0.6) is 0 Å². The summed E-state index contributed by atoms with van der Waals surface area (Å²) in [7, 11) is 0. The van der Waals surface area contributed by atoms with E-state index in [9.17, 15) is 14.7 Å². The second-order valence-electron chi connectivity index (χ2n) is 6.61. The molecule has 0 radical (unpaired) electrons. The van der Waals surface area contributed by atoms with Crippen LogP contribution >= 0.6 is 0 Å². The highest BCUT2D eigenvalue weighted by Crippen LogP contribution is 2.25. The highest BCUT2D eigenvalue weighted by atomic mass is 16.4. The van der Waals surface area contributed by atoms with Crippen molar-refractivity contribution < 1.29 is 14.7 Å². The highest BCUT2D eigenvalue weighted by Gasteiger charge is 2.37. The van der Waals surface area contributed by atoms with Gasteiger partial charge in [-0.25, -0.2) is 9.78 Å². The van der Waals surface area contributed by atoms with E-state index in [2.05, 4.69) is 4.98 Å². The van der Waals surface area contributed by atoms with E-state index in [0.717, 1.165) is 17.0 Å². The number of benzene rings is 2. The zero-order valence-electron chi connectivity index (χ0n) is 14.7. The van der Waals surface area contributed by atoms with E-state index in [1.165, 1.54) is 4.90 Å². The Labute approximate surface area is 156 Å². The number of carbonyl (C=O) groups is 2. The lowest BCUT2D eigenvalue weighted by atomic mass is 10.0. The third-order valence-corrected chi connectivity index (χ3v) is 4.88. The Bertz CT molecular complexity index is 967. The summed E-state index contributed by atoms with van der Waals surface area (Å²) < 4.78 is 1.99. The van der Waals surface area contributed by atoms with Crippen molar-refractivity contribution in [2.45, 2.75) is 25.6 Å². The Hall–Kier alpha value is -3.41. The van der Waals surface area contributed by atoms with Gasteiger partial charge >= 0.3 is 5.97 Å². The average molecular weight is 361 g/mol. The van der Waals surface area contributed by atoms with Crippen molar-refractivity contribution in [2.75, 3.05) is 0 Å². The first-order valence-electron chi connectivity index (χ1n) is 8.79. The van der Waals surface area contributed by atoms with E-state index in [1.807, 2.05) is 41.0 Å². The van der Waals surface area contributed by atoms with Gasteiger partial charge in [0.1, 0.15) is 6.04 Å². The van der Waals surface area contributed by atoms with E-state index in [4.69, 9.17) is 0 Å². The summed E-state index contributed by atoms with van der Waals surface area (Å²) in [4.78, 5) is 30.6. The number of carbonyl (C=O) groups excluding carboxylic acids is 1. The number of hydrogen-bond donors (Lipinski definition) is 1. The number of imidazole rings is 1. The molecule has 0 spiro atoms. The smallest absolute Gasteiger partial charge is 0.326 e. The normalized spacial score (nSPS) is 16.0. The van der Waals surface area contributed by atoms with E-state index in [1.54, 1.807) is 30.6 Å². The molecule has 2 aromatic carbocycles. The van der Waals surface area contributed by atoms with Gasteiger partial charge in [-0.05, 0) is 17.7 Å². The molecule has 1 aliphatic heterocycles. The molecular weight excluding hydrogens is 342 g/mol. The molecule has 136 valence electrons. The number of hydrogen-bond acceptors (Lipinski definition) is 3. The summed E-state index contributed by atoms with van der Waals surface area (Å²) in [5.41, 5.74) is 3.25. The zero-order chi connectivity index (χ0) is 18.8. The Morgan fingerprint density at radius 2 is 1.70 bits per heavy atom. The van der Waals surface area contributed by atoms with Gasteiger partial charge in [0.25, 0.3) is 5.91 Å². The summed E-state index contributed by atoms with van der Waals surface area (Å²) in [5, 5.41) is 9.64. The van der Waals surface area contributed by atoms with E-state index in [-0.39, 0.29) is 18.9 Å². The van der Waals surface area contributed by atoms with Crippen LogP contribution in [0.1, 0.15) is 27.3 Å². The molecule has 0 saturated carbocycles. The van der Waals surface area contributed by atoms with Crippen LogP contribution in [0.3, 0.4) is 0 Å². The fraction of sp³-hybridized carbons (Fsp3) is 0.190. The standard InChI is InChI=1S/C21H19N3O3/c25-20(16-9-5-2-6-10-16)24-13-19-17(11-18(24)21(26)27)22-14-23(19)12-15-7-3-1-4-8-15/h1-10,14,18H,11-13H2,(H,26,27)/t18-/m0/s1. The number of fused-ring (bicyclic) bond motifs is 1. The zero-order valence-corrected chi connectivity index (χ0v) is 14.7. The maximum atomic E-state index is 12.9. The van der Waals surface area contributed by atoms with Crippen LogP contribution in [-0.2, 0) is 24.3 Å². The van der Waals surface area contributed by atoms with Crippen LogP contribution in [0.2, 0.25) is 0 Å². The first-order chi connectivity index (χ1) is 13.1. The van der Waals surface area contributed by atoms with Crippen LogP contribution in [0.25, 0.3) is 0 Å². The summed E-state index contributed by atoms with van der Waals surface area (Å²) in [6.07, 6.45) is 1.94. The van der Waals surface area contributed by atoms with Crippen molar-refractivity contribution in [1.82, 2.24) is 14.5 Å². The van der Waals surface area contributed by atoms with Crippen molar-refractivity contribution in [3.63, 3.8) is 0 Å². The molecule has 3 aromatic rings. The Morgan fingerprint density at radius 3 is 2.37 bits per heavy atom. The maximum absolute atomic E-state index is 12.9. The van der Waals surface area contributed by atoms with Crippen molar-refractivity contribution in [2.24, 2.45) is 0 Å². The van der Waals surface area contributed by atoms with Crippen molar-refractivity contribution in [3.8, 4) is 0 Å². The number of amides is 1. The first-order valence-corrected chi connectivity index (χ1v) is 8.79. The number of carboxylic acids is 1. The number of carboxylic acid groups (broad SMARTS) is 1. The molecule has 1 atom stereocenters. The molecule has 27 heavy (non-hydrogen) atoms. The maximum Gasteiger partial charge on any atom is 0.326 e. The fourth-order valence-electron chi connectivity index (χ4n) is 3.46. The molecule has 1 aliphatic rings. The molecule has 6 nitrogen and oxygen atoms in total. The number of aliphatic carboxylic acids is 1. The van der Waals surface area contributed by atoms with Gasteiger partial charge in [-0.3, -0.25) is 4.79 Å². The van der Waals surface area contributed by atoms with Gasteiger partial charge in [0, 0.05) is 18.5 Å². The van der Waals surface area contributed by atoms with Gasteiger partial charge in [0.15, 0.2) is 0 Å². The molecule has 2 heterocycles. The summed E-state index contributed by atoms with van der Waals surface area (Å²) in [6.45, 7) is 0.862. The first kappa shape index (κ1) is 17.0. The van der Waals surface area contributed by atoms with Gasteiger partial charge in [0.2, 0.25) is 0 Å². The van der Waals surface area contributed by atoms with Crippen LogP contribution in [-0.4, -0.2) is 37.5 Å². The van der Waals surface area contributed by atoms with E-state index in [0.29, 0.717) is 12.1 Å². The lowest BCUT2D eigenvalue weighted by Gasteiger charge is -2.33. The largest absolute Gasteiger partial charge is 0.480 e. The van der Waals surface area contributed by atoms with Gasteiger partial charge in [-0.1, -0.05) is 48.5 Å². The quantitative estimate of drug-likeness (QED) is 0.775. The molecule has 6 heteroatoms. The Balaban J connectivity index is 1.66. The molecule has 0 aliphatic carbocycles. The second kappa shape index (κ2) is 7.07. The SMILES string of the molecule is O=C(O)[C@@H]1Cc2ncn(Cc3ccccc3)c2CN1C(=O)c1ccccc1. The molecular formula is C21H19N3O3. The minimum atomic E-state index is -1.01. The fourth-order valence-corrected chi connectivity index (χ4v) is 3.46. The predicted octanol–water partition coefficient (Wildman–Crippen LogP) is 2.58. The highest BCUT2D eigenvalue weighted by molar-refractivity contribution is 5.96. The molecule has 1 aromatic heterocycles. The minimum absolute atomic E-state index is 0.213. The molecule has 1 N–H and O–H groups in total. The van der Waals surface area contributed by atoms with Crippen molar-refractivity contribution in [1.29, 1.82) is 0 Å². The van der Waals surface area contributed by atoms with Crippen molar-refractivity contribution in [3.05, 3.63) is 89.5 Å². The Morgan fingerprint density at radius 1 is 1.04 bits per heavy atom. The molecule has 1 amide bonds. The van der Waals surface area contributed by atoms with Gasteiger partial charge in [0.05, 0.1) is 24.3 Å². The van der Waals surface area contributed by atoms with E-state index >= 15 is 0 Å². The predicted molar refractivity (Wildman–Crippen MR) is 99.2 cm³/mol. The van der Waals surface area contributed by atoms with Gasteiger partial charge < -0.3 is 14.6 Å². The molecule has 4 rings (SSSR count). The molecule has 0 bridgehead atoms. The number of aromatic nitrogens is 2. The Kier molecular flexibility index (Phi) is 4.46. The van der Waals surface area contributed by atoms with Crippen LogP contribution < -0.4 is 0 Å². The second-order valence-corrected chi connectivity index (χ2v) is 6.61. The van der Waals surface area contributed by atoms with Gasteiger partial charge in [-0.2, -0.15) is 0 Å². The van der Waals surface area contributed by atoms with E-state index < -0.39 is 12.0 Å². The third-order valence-electron chi connectivity index (χ3n) is 4.88. The minimum Gasteiger partial charge on any atom is -0.480 e. The van der Waals surface area contributed by atoms with Gasteiger partial charge in [-0.15, -0.1) is 0 Å². The third kappa shape index (κ3) is 3.33. The van der Waals surface area contributed by atoms with Crippen LogP contribution in [0.15, 0.2) is 67.0 Å². The lowest BCUT2D eigenvalue weighted by molar-refractivity contribution is -0.142. The average Bonchev–Trinajstić information content (AvgIpc) is 3.09. The molecule has 0 fully saturated rings. The molecule has 0 saturated heterocycles. The summed E-state index contributed by atoms with van der Waals surface area (Å²) >= 11 is 0. The van der Waals surface area contributed by atoms with Crippen LogP contribution in [0.4, 0.5) is 0 Å². The molecule has 0 unspecified atom stereocenters. The summed E-state index contributed by atoms with van der Waals surface area (Å²) in [6, 6.07) is 17.9. The number of rotatable bonds is 4. The monoisotopic (exact) mass is 361 g/mol. The lowest BCUT2D eigenvalue weighted by Crippen LogP contribution is -2.49.